The first-order valence-electron chi connectivity index (χ1n) is 30.9. The molecule has 18 nitrogen and oxygen atoms in total. The summed E-state index contributed by atoms with van der Waals surface area (Å²) in [5, 5.41) is 20.7. The molecular weight excluding hydrogens is 1070 g/mol. The number of rotatable bonds is 19. The molecule has 12 rings (SSSR count). The molecule has 3 aliphatic rings. The molecule has 3 aliphatic heterocycles. The van der Waals surface area contributed by atoms with Gasteiger partial charge in [0.2, 0.25) is 11.9 Å². The molecule has 0 aliphatic carbocycles. The third-order valence-electron chi connectivity index (χ3n) is 16.4. The summed E-state index contributed by atoms with van der Waals surface area (Å²) in [6.07, 6.45) is 10.1. The maximum absolute atomic E-state index is 12.6. The molecule has 4 aromatic heterocycles. The predicted molar refractivity (Wildman–Crippen MR) is 348 cm³/mol. The molecule has 0 unspecified atom stereocenters. The Bertz CT molecular complexity index is 3480. The third-order valence-corrected chi connectivity index (χ3v) is 16.4. The molecule has 0 bridgehead atoms. The Balaban J connectivity index is 0.000000173. The van der Waals surface area contributed by atoms with Crippen LogP contribution in [0, 0.1) is 17.8 Å². The fourth-order valence-electron chi connectivity index (χ4n) is 11.1. The van der Waals surface area contributed by atoms with Gasteiger partial charge in [0.05, 0.1) is 12.7 Å². The molecule has 3 saturated heterocycles. The van der Waals surface area contributed by atoms with Gasteiger partial charge in [-0.05, 0) is 156 Å². The minimum atomic E-state index is -0.249. The summed E-state index contributed by atoms with van der Waals surface area (Å²) >= 11 is 0. The van der Waals surface area contributed by atoms with E-state index in [-0.39, 0.29) is 18.2 Å². The van der Waals surface area contributed by atoms with E-state index >= 15 is 0 Å². The van der Waals surface area contributed by atoms with Crippen molar-refractivity contribution in [3.05, 3.63) is 169 Å². The lowest BCUT2D eigenvalue weighted by Crippen LogP contribution is -2.40. The fraction of sp³-hybridized carbons (Fsp3) is 0.397. The highest BCUT2D eigenvalue weighted by molar-refractivity contribution is 5.85. The van der Waals surface area contributed by atoms with Crippen molar-refractivity contribution < 1.29 is 9.53 Å². The summed E-state index contributed by atoms with van der Waals surface area (Å²) < 4.78 is 9.70. The number of hydrogen-bond acceptors (Lipinski definition) is 15. The van der Waals surface area contributed by atoms with Crippen molar-refractivity contribution in [3.63, 3.8) is 0 Å². The number of nitrogens with two attached hydrogens (primary N) is 1. The molecule has 18 heteroatoms. The van der Waals surface area contributed by atoms with Gasteiger partial charge in [-0.2, -0.15) is 19.9 Å². The van der Waals surface area contributed by atoms with Crippen LogP contribution in [-0.2, 0) is 24.4 Å². The molecule has 450 valence electrons. The highest BCUT2D eigenvalue weighted by Crippen LogP contribution is 2.28. The molecule has 1 amide bonds. The Morgan fingerprint density at radius 2 is 0.919 bits per heavy atom. The van der Waals surface area contributed by atoms with Crippen LogP contribution in [0.5, 0.6) is 0 Å². The quantitative estimate of drug-likeness (QED) is 0.0401. The van der Waals surface area contributed by atoms with Gasteiger partial charge >= 0.3 is 6.09 Å². The van der Waals surface area contributed by atoms with Crippen LogP contribution in [-0.4, -0.2) is 109 Å². The van der Waals surface area contributed by atoms with E-state index in [0.29, 0.717) is 62.3 Å². The van der Waals surface area contributed by atoms with E-state index in [0.717, 1.165) is 90.8 Å². The number of ether oxygens (including phenoxy) is 1. The highest BCUT2D eigenvalue weighted by Gasteiger charge is 2.25. The van der Waals surface area contributed by atoms with Crippen molar-refractivity contribution in [1.82, 2.24) is 54.6 Å². The number of amides is 1. The van der Waals surface area contributed by atoms with Crippen LogP contribution in [0.1, 0.15) is 95.0 Å². The zero-order chi connectivity index (χ0) is 59.5. The van der Waals surface area contributed by atoms with Gasteiger partial charge in [0, 0.05) is 51.4 Å². The first-order chi connectivity index (χ1) is 42.1. The predicted octanol–water partition coefficient (Wildman–Crippen LogP) is 12.2. The molecule has 8 N–H and O–H groups in total. The second kappa shape index (κ2) is 30.6. The average molecular weight is 1160 g/mol. The van der Waals surface area contributed by atoms with Crippen LogP contribution in [0.25, 0.3) is 44.6 Å². The van der Waals surface area contributed by atoms with Gasteiger partial charge in [-0.15, -0.1) is 0 Å². The molecule has 86 heavy (non-hydrogen) atoms. The number of likely N-dealkylation sites (tertiary alicyclic amines) is 1. The second-order valence-electron chi connectivity index (χ2n) is 23.3. The van der Waals surface area contributed by atoms with E-state index < -0.39 is 0 Å². The summed E-state index contributed by atoms with van der Waals surface area (Å²) in [6.45, 7) is 18.5. The van der Waals surface area contributed by atoms with Crippen molar-refractivity contribution in [2.45, 2.75) is 98.0 Å². The van der Waals surface area contributed by atoms with E-state index in [1.54, 1.807) is 4.90 Å². The van der Waals surface area contributed by atoms with Crippen LogP contribution < -0.4 is 37.6 Å². The molecular formula is C68H86N16O2. The number of imidazole rings is 2. The molecule has 0 spiro atoms. The Morgan fingerprint density at radius 1 is 0.512 bits per heavy atom. The minimum absolute atomic E-state index is 0.215. The van der Waals surface area contributed by atoms with Gasteiger partial charge in [-0.1, -0.05) is 140 Å². The van der Waals surface area contributed by atoms with Crippen molar-refractivity contribution in [3.8, 4) is 22.3 Å². The van der Waals surface area contributed by atoms with Crippen LogP contribution in [0.3, 0.4) is 0 Å². The Morgan fingerprint density at radius 3 is 1.34 bits per heavy atom. The zero-order valence-corrected chi connectivity index (χ0v) is 50.5. The molecule has 7 heterocycles. The van der Waals surface area contributed by atoms with Crippen LogP contribution >= 0.6 is 0 Å². The monoisotopic (exact) mass is 1160 g/mol. The number of anilines is 4. The molecule has 5 aromatic carbocycles. The molecule has 0 radical (unpaired) electrons. The topological polar surface area (TPSA) is 215 Å². The van der Waals surface area contributed by atoms with Gasteiger partial charge in [0.1, 0.15) is 6.61 Å². The first-order valence-corrected chi connectivity index (χ1v) is 30.9. The highest BCUT2D eigenvalue weighted by atomic mass is 16.6. The molecule has 3 fully saturated rings. The van der Waals surface area contributed by atoms with Gasteiger partial charge < -0.3 is 56.4 Å². The van der Waals surface area contributed by atoms with Crippen LogP contribution in [0.2, 0.25) is 0 Å². The molecule has 9 aromatic rings. The Labute approximate surface area is 506 Å². The zero-order valence-electron chi connectivity index (χ0n) is 50.5. The van der Waals surface area contributed by atoms with E-state index in [2.05, 4.69) is 176 Å². The van der Waals surface area contributed by atoms with Crippen molar-refractivity contribution in [1.29, 1.82) is 0 Å². The van der Waals surface area contributed by atoms with Crippen LogP contribution in [0.4, 0.5) is 28.3 Å². The van der Waals surface area contributed by atoms with Crippen LogP contribution in [0.15, 0.2) is 152 Å². The van der Waals surface area contributed by atoms with E-state index in [9.17, 15) is 4.79 Å². The Hall–Kier alpha value is -8.45. The van der Waals surface area contributed by atoms with E-state index in [4.69, 9.17) is 30.4 Å². The summed E-state index contributed by atoms with van der Waals surface area (Å²) in [4.78, 5) is 43.0. The lowest BCUT2D eigenvalue weighted by atomic mass is 9.97. The smallest absolute Gasteiger partial charge is 0.410 e. The number of carbonyl (C=O) groups is 1. The number of aromatic nitrogens is 8. The molecule has 0 saturated carbocycles. The number of piperidine rings is 3. The second-order valence-corrected chi connectivity index (χ2v) is 23.3. The SMILES string of the molecule is CC(C)n1cnc2c(NCc3ccc(-c4ccccc4)cc3)nc(NCC3CCN(C(=O)OCc4ccccc4)CC3)nc21.CC(C)n1cnc2c(NCc3ccc(-c4ccccc4)cc3)nc(NCC3CCNCC3)nc21.NCC1CCNCC1. The number of hydrogen-bond donors (Lipinski definition) is 7. The average Bonchev–Trinajstić information content (AvgIpc) is 3.27. The first kappa shape index (κ1) is 60.7. The van der Waals surface area contributed by atoms with Gasteiger partial charge in [0.15, 0.2) is 34.0 Å². The lowest BCUT2D eigenvalue weighted by Gasteiger charge is -2.31. The number of nitrogens with one attached hydrogen (secondary N) is 6. The van der Waals surface area contributed by atoms with Gasteiger partial charge in [0.25, 0.3) is 0 Å². The summed E-state index contributed by atoms with van der Waals surface area (Å²) in [5.74, 6) is 4.57. The maximum atomic E-state index is 12.6. The third kappa shape index (κ3) is 16.7. The Kier molecular flexibility index (Phi) is 21.6. The lowest BCUT2D eigenvalue weighted by molar-refractivity contribution is 0.0832. The maximum Gasteiger partial charge on any atom is 0.410 e. The summed E-state index contributed by atoms with van der Waals surface area (Å²) in [5.41, 5.74) is 16.9. The number of nitrogens with zero attached hydrogens (tertiary/aromatic N) is 9. The number of benzene rings is 5. The summed E-state index contributed by atoms with van der Waals surface area (Å²) in [6, 6.07) is 48.3. The minimum Gasteiger partial charge on any atom is -0.445 e. The number of fused-ring (bicyclic) bond motifs is 2. The fourth-order valence-corrected chi connectivity index (χ4v) is 11.1. The number of carbonyl (C=O) groups excluding carboxylic acids is 1. The van der Waals surface area contributed by atoms with Crippen molar-refractivity contribution in [2.24, 2.45) is 23.5 Å². The van der Waals surface area contributed by atoms with E-state index in [1.807, 2.05) is 55.1 Å². The van der Waals surface area contributed by atoms with Crippen molar-refractivity contribution >= 4 is 52.0 Å². The normalized spacial score (nSPS) is 15.0. The van der Waals surface area contributed by atoms with Gasteiger partial charge in [-0.3, -0.25) is 0 Å². The largest absolute Gasteiger partial charge is 0.445 e. The van der Waals surface area contributed by atoms with Crippen molar-refractivity contribution in [2.75, 3.05) is 80.2 Å². The van der Waals surface area contributed by atoms with E-state index in [1.165, 1.54) is 66.6 Å². The molecule has 0 atom stereocenters. The summed E-state index contributed by atoms with van der Waals surface area (Å²) in [7, 11) is 0. The van der Waals surface area contributed by atoms with Gasteiger partial charge in [-0.25, -0.2) is 14.8 Å². The standard InChI is InChI=1S/C35H39N7O2.C27H33N7.C6H14N2/c1-25(2)42-24-38-31-32(36-21-26-13-15-30(16-14-26)29-11-7-4-8-12-29)39-34(40-33(31)42)37-22-27-17-19-41(20-18-27)35(43)44-23-28-9-5-3-6-10-28;1-19(2)34-18-31-24-25(32-27(33-26(24)34)30-17-21-12-14-28-15-13-21)29-16-20-8-10-23(11-9-20)22-6-4-3-5-7-22;7-5-6-1-3-8-4-2-6/h3-16,24-25,27H,17-23H2,1-2H3,(H2,36,37,39,40);3-11,18-19,21,28H,12-17H2,1-2H3,(H2,29,30,32,33);6,8H,1-5,7H2.